The minimum Gasteiger partial charge on any atom is -0.494 e. The van der Waals surface area contributed by atoms with E-state index in [2.05, 4.69) is 36.6 Å². The van der Waals surface area contributed by atoms with Crippen molar-refractivity contribution in [3.63, 3.8) is 0 Å². The summed E-state index contributed by atoms with van der Waals surface area (Å²) in [4.78, 5) is 8.18. The minimum atomic E-state index is 0.372. The first kappa shape index (κ1) is 14.5. The molecule has 1 heterocycles. The largest absolute Gasteiger partial charge is 0.494 e. The molecular formula is C13H16BrN5O. The smallest absolute Gasteiger partial charge is 0.239 e. The summed E-state index contributed by atoms with van der Waals surface area (Å²) in [6.45, 7) is 1.38. The van der Waals surface area contributed by atoms with Gasteiger partial charge in [0.15, 0.2) is 0 Å². The zero-order chi connectivity index (χ0) is 14.2. The Morgan fingerprint density at radius 2 is 2.05 bits per heavy atom. The van der Waals surface area contributed by atoms with Gasteiger partial charge in [0.2, 0.25) is 5.95 Å². The summed E-state index contributed by atoms with van der Waals surface area (Å²) >= 11 is 3.38. The Bertz CT molecular complexity index is 538. The quantitative estimate of drug-likeness (QED) is 0.408. The second-order valence-corrected chi connectivity index (χ2v) is 4.83. The van der Waals surface area contributed by atoms with Crippen LogP contribution in [0, 0.1) is 0 Å². The number of para-hydroxylation sites is 1. The van der Waals surface area contributed by atoms with Gasteiger partial charge in [-0.3, -0.25) is 5.43 Å². The molecule has 4 N–H and O–H groups in total. The highest BCUT2D eigenvalue weighted by Gasteiger charge is 2.03. The van der Waals surface area contributed by atoms with Crippen LogP contribution in [0.2, 0.25) is 0 Å². The number of nitrogens with two attached hydrogens (primary N) is 1. The van der Waals surface area contributed by atoms with Crippen LogP contribution in [0.25, 0.3) is 0 Å². The van der Waals surface area contributed by atoms with E-state index >= 15 is 0 Å². The third kappa shape index (κ3) is 4.36. The number of nitrogens with one attached hydrogen (secondary N) is 2. The first-order chi connectivity index (χ1) is 9.79. The van der Waals surface area contributed by atoms with Gasteiger partial charge >= 0.3 is 0 Å². The fourth-order valence-electron chi connectivity index (χ4n) is 1.55. The lowest BCUT2D eigenvalue weighted by Crippen LogP contribution is -2.13. The zero-order valence-electron chi connectivity index (χ0n) is 10.8. The molecule has 7 heteroatoms. The standard InChI is InChI=1S/C13H16BrN5O/c14-11-9-17-13(19-15)18-12(11)16-7-4-8-20-10-5-2-1-3-6-10/h1-3,5-6,9H,4,7-8,15H2,(H2,16,17,18,19). The number of hydrazine groups is 1. The summed E-state index contributed by atoms with van der Waals surface area (Å²) in [6.07, 6.45) is 2.50. The van der Waals surface area contributed by atoms with Gasteiger partial charge in [-0.25, -0.2) is 10.8 Å². The molecule has 1 aromatic carbocycles. The second kappa shape index (κ2) is 7.66. The molecule has 0 amide bonds. The number of anilines is 2. The van der Waals surface area contributed by atoms with E-state index in [1.165, 1.54) is 0 Å². The van der Waals surface area contributed by atoms with Crippen molar-refractivity contribution in [3.8, 4) is 5.75 Å². The van der Waals surface area contributed by atoms with Crippen molar-refractivity contribution < 1.29 is 4.74 Å². The fourth-order valence-corrected chi connectivity index (χ4v) is 1.88. The first-order valence-electron chi connectivity index (χ1n) is 6.20. The number of ether oxygens (including phenoxy) is 1. The van der Waals surface area contributed by atoms with Crippen molar-refractivity contribution in [2.45, 2.75) is 6.42 Å². The van der Waals surface area contributed by atoms with Crippen LogP contribution in [-0.4, -0.2) is 23.1 Å². The van der Waals surface area contributed by atoms with E-state index in [1.807, 2.05) is 30.3 Å². The molecule has 0 aliphatic heterocycles. The van der Waals surface area contributed by atoms with Crippen molar-refractivity contribution >= 4 is 27.7 Å². The molecule has 2 aromatic rings. The summed E-state index contributed by atoms with van der Waals surface area (Å²) < 4.78 is 6.39. The van der Waals surface area contributed by atoms with Crippen LogP contribution in [0.3, 0.4) is 0 Å². The summed E-state index contributed by atoms with van der Waals surface area (Å²) in [6, 6.07) is 9.74. The minimum absolute atomic E-state index is 0.372. The van der Waals surface area contributed by atoms with Gasteiger partial charge in [0, 0.05) is 12.7 Å². The van der Waals surface area contributed by atoms with Crippen LogP contribution in [0.5, 0.6) is 5.75 Å². The second-order valence-electron chi connectivity index (χ2n) is 3.98. The number of aromatic nitrogens is 2. The molecule has 106 valence electrons. The Labute approximate surface area is 125 Å². The number of halogens is 1. The monoisotopic (exact) mass is 337 g/mol. The van der Waals surface area contributed by atoms with Gasteiger partial charge in [0.1, 0.15) is 11.6 Å². The van der Waals surface area contributed by atoms with Crippen molar-refractivity contribution in [2.75, 3.05) is 23.9 Å². The van der Waals surface area contributed by atoms with Crippen LogP contribution in [0.15, 0.2) is 41.0 Å². The fraction of sp³-hybridized carbons (Fsp3) is 0.231. The van der Waals surface area contributed by atoms with Gasteiger partial charge in [-0.15, -0.1) is 0 Å². The highest BCUT2D eigenvalue weighted by Crippen LogP contribution is 2.19. The summed E-state index contributed by atoms with van der Waals surface area (Å²) in [5, 5.41) is 3.20. The maximum Gasteiger partial charge on any atom is 0.239 e. The number of hydrogen-bond acceptors (Lipinski definition) is 6. The van der Waals surface area contributed by atoms with Crippen LogP contribution < -0.4 is 21.3 Å². The Morgan fingerprint density at radius 3 is 2.80 bits per heavy atom. The molecule has 1 aromatic heterocycles. The van der Waals surface area contributed by atoms with Crippen LogP contribution >= 0.6 is 15.9 Å². The Morgan fingerprint density at radius 1 is 1.25 bits per heavy atom. The van der Waals surface area contributed by atoms with Crippen molar-refractivity contribution in [1.82, 2.24) is 9.97 Å². The van der Waals surface area contributed by atoms with Crippen molar-refractivity contribution in [3.05, 3.63) is 41.0 Å². The van der Waals surface area contributed by atoms with Crippen LogP contribution in [0.1, 0.15) is 6.42 Å². The van der Waals surface area contributed by atoms with E-state index in [1.54, 1.807) is 6.20 Å². The molecule has 0 unspecified atom stereocenters. The van der Waals surface area contributed by atoms with E-state index in [0.717, 1.165) is 23.2 Å². The van der Waals surface area contributed by atoms with Crippen molar-refractivity contribution in [1.29, 1.82) is 0 Å². The summed E-state index contributed by atoms with van der Waals surface area (Å²) in [7, 11) is 0. The molecule has 0 bridgehead atoms. The highest BCUT2D eigenvalue weighted by molar-refractivity contribution is 9.10. The molecule has 20 heavy (non-hydrogen) atoms. The van der Waals surface area contributed by atoms with Gasteiger partial charge in [-0.05, 0) is 34.5 Å². The molecule has 0 radical (unpaired) electrons. The SMILES string of the molecule is NNc1ncc(Br)c(NCCCOc2ccccc2)n1. The first-order valence-corrected chi connectivity index (χ1v) is 7.00. The van der Waals surface area contributed by atoms with Crippen LogP contribution in [0.4, 0.5) is 11.8 Å². The van der Waals surface area contributed by atoms with Gasteiger partial charge < -0.3 is 10.1 Å². The maximum absolute atomic E-state index is 5.60. The van der Waals surface area contributed by atoms with E-state index < -0.39 is 0 Å². The van der Waals surface area contributed by atoms with Crippen molar-refractivity contribution in [2.24, 2.45) is 5.84 Å². The lowest BCUT2D eigenvalue weighted by atomic mass is 10.3. The average Bonchev–Trinajstić information content (AvgIpc) is 2.50. The number of nitrogens with zero attached hydrogens (tertiary/aromatic N) is 2. The normalized spacial score (nSPS) is 10.1. The van der Waals surface area contributed by atoms with Gasteiger partial charge in [0.25, 0.3) is 0 Å². The number of hydrogen-bond donors (Lipinski definition) is 3. The molecule has 0 fully saturated rings. The Hall–Kier alpha value is -1.86. The van der Waals surface area contributed by atoms with Gasteiger partial charge in [-0.1, -0.05) is 18.2 Å². The highest BCUT2D eigenvalue weighted by atomic mass is 79.9. The number of nitrogen functional groups attached to an aromatic ring is 1. The van der Waals surface area contributed by atoms with E-state index in [9.17, 15) is 0 Å². The zero-order valence-corrected chi connectivity index (χ0v) is 12.4. The predicted molar refractivity (Wildman–Crippen MR) is 82.6 cm³/mol. The molecule has 0 spiro atoms. The third-order valence-corrected chi connectivity index (χ3v) is 3.08. The van der Waals surface area contributed by atoms with E-state index in [0.29, 0.717) is 18.4 Å². The summed E-state index contributed by atoms with van der Waals surface area (Å²) in [5.41, 5.74) is 2.41. The molecule has 6 nitrogen and oxygen atoms in total. The lowest BCUT2D eigenvalue weighted by molar-refractivity contribution is 0.315. The van der Waals surface area contributed by atoms with E-state index in [-0.39, 0.29) is 0 Å². The molecule has 0 saturated heterocycles. The topological polar surface area (TPSA) is 85.1 Å². The number of benzene rings is 1. The van der Waals surface area contributed by atoms with E-state index in [4.69, 9.17) is 10.6 Å². The molecule has 2 rings (SSSR count). The van der Waals surface area contributed by atoms with Crippen LogP contribution in [-0.2, 0) is 0 Å². The molecule has 0 aliphatic carbocycles. The third-order valence-electron chi connectivity index (χ3n) is 2.50. The Kier molecular flexibility index (Phi) is 5.57. The lowest BCUT2D eigenvalue weighted by Gasteiger charge is -2.09. The molecule has 0 saturated carbocycles. The molecular weight excluding hydrogens is 322 g/mol. The molecule has 0 aliphatic rings. The average molecular weight is 338 g/mol. The predicted octanol–water partition coefficient (Wildman–Crippen LogP) is 2.41. The Balaban J connectivity index is 1.73. The van der Waals surface area contributed by atoms with Gasteiger partial charge in [0.05, 0.1) is 11.1 Å². The van der Waals surface area contributed by atoms with Gasteiger partial charge in [-0.2, -0.15) is 4.98 Å². The molecule has 0 atom stereocenters. The summed E-state index contributed by atoms with van der Waals surface area (Å²) in [5.74, 6) is 7.22. The maximum atomic E-state index is 5.60. The number of rotatable bonds is 7.